The summed E-state index contributed by atoms with van der Waals surface area (Å²) in [4.78, 5) is 11.4. The summed E-state index contributed by atoms with van der Waals surface area (Å²) in [5.41, 5.74) is 2.93. The van der Waals surface area contributed by atoms with Crippen molar-refractivity contribution in [2.24, 2.45) is 5.92 Å². The summed E-state index contributed by atoms with van der Waals surface area (Å²) >= 11 is 0. The number of hydrogen-bond donors (Lipinski definition) is 1. The predicted molar refractivity (Wildman–Crippen MR) is 123 cm³/mol. The maximum Gasteiger partial charge on any atom is 0.274 e. The number of benzene rings is 3. The first kappa shape index (κ1) is 20.1. The fourth-order valence-corrected chi connectivity index (χ4v) is 4.77. The summed E-state index contributed by atoms with van der Waals surface area (Å²) in [5.74, 6) is 1.96. The Bertz CT molecular complexity index is 1150. The molecule has 3 atom stereocenters. The number of fused-ring (bicyclic) bond motifs is 3. The fraction of sp³-hybridized carbons (Fsp3) is 0.231. The van der Waals surface area contributed by atoms with Crippen molar-refractivity contribution in [2.75, 3.05) is 18.5 Å². The van der Waals surface area contributed by atoms with Gasteiger partial charge in [-0.2, -0.15) is 0 Å². The van der Waals surface area contributed by atoms with Gasteiger partial charge in [-0.3, -0.25) is 10.1 Å². The summed E-state index contributed by atoms with van der Waals surface area (Å²) in [6.07, 6.45) is 5.27. The van der Waals surface area contributed by atoms with E-state index in [1.54, 1.807) is 12.1 Å². The van der Waals surface area contributed by atoms with Gasteiger partial charge in [-0.15, -0.1) is 0 Å². The molecule has 1 heterocycles. The second-order valence-electron chi connectivity index (χ2n) is 8.02. The van der Waals surface area contributed by atoms with Gasteiger partial charge in [0.1, 0.15) is 24.7 Å². The van der Waals surface area contributed by atoms with Gasteiger partial charge in [-0.1, -0.05) is 60.7 Å². The largest absolute Gasteiger partial charge is 0.490 e. The Labute approximate surface area is 186 Å². The van der Waals surface area contributed by atoms with Crippen molar-refractivity contribution in [3.63, 3.8) is 0 Å². The number of anilines is 1. The molecule has 1 N–H and O–H groups in total. The molecule has 6 heteroatoms. The van der Waals surface area contributed by atoms with Crippen molar-refractivity contribution in [3.05, 3.63) is 106 Å². The van der Waals surface area contributed by atoms with Crippen LogP contribution in [0.4, 0.5) is 11.4 Å². The van der Waals surface area contributed by atoms with Crippen LogP contribution >= 0.6 is 0 Å². The van der Waals surface area contributed by atoms with Crippen LogP contribution in [-0.4, -0.2) is 18.1 Å². The van der Waals surface area contributed by atoms with Gasteiger partial charge in [0.2, 0.25) is 0 Å². The second-order valence-corrected chi connectivity index (χ2v) is 8.02. The molecule has 162 valence electrons. The number of para-hydroxylation sites is 3. The average molecular weight is 428 g/mol. The van der Waals surface area contributed by atoms with E-state index >= 15 is 0 Å². The lowest BCUT2D eigenvalue weighted by atomic mass is 9.76. The van der Waals surface area contributed by atoms with Crippen LogP contribution in [0.25, 0.3) is 0 Å². The van der Waals surface area contributed by atoms with Crippen LogP contribution in [0.2, 0.25) is 0 Å². The number of hydrogen-bond acceptors (Lipinski definition) is 5. The third-order valence-electron chi connectivity index (χ3n) is 6.18. The van der Waals surface area contributed by atoms with E-state index in [1.807, 2.05) is 54.6 Å². The Hall–Kier alpha value is -3.80. The van der Waals surface area contributed by atoms with E-state index in [4.69, 9.17) is 9.47 Å². The highest BCUT2D eigenvalue weighted by Crippen LogP contribution is 2.53. The SMILES string of the molecule is O=[N+]([O-])c1ccccc1C1Nc2c(OCCOc3ccccc3)cccc2C2C=CCC21. The minimum absolute atomic E-state index is 0.147. The number of nitro groups is 1. The summed E-state index contributed by atoms with van der Waals surface area (Å²) in [7, 11) is 0. The van der Waals surface area contributed by atoms with Gasteiger partial charge >= 0.3 is 0 Å². The fourth-order valence-electron chi connectivity index (χ4n) is 4.77. The molecule has 32 heavy (non-hydrogen) atoms. The predicted octanol–water partition coefficient (Wildman–Crippen LogP) is 5.88. The third-order valence-corrected chi connectivity index (χ3v) is 6.18. The van der Waals surface area contributed by atoms with Gasteiger partial charge < -0.3 is 14.8 Å². The second kappa shape index (κ2) is 8.75. The first-order valence-electron chi connectivity index (χ1n) is 10.8. The van der Waals surface area contributed by atoms with E-state index in [2.05, 4.69) is 23.5 Å². The Balaban J connectivity index is 1.40. The highest BCUT2D eigenvalue weighted by atomic mass is 16.6. The molecule has 3 unspecified atom stereocenters. The van der Waals surface area contributed by atoms with Crippen molar-refractivity contribution < 1.29 is 14.4 Å². The van der Waals surface area contributed by atoms with Gasteiger partial charge in [-0.05, 0) is 36.1 Å². The van der Waals surface area contributed by atoms with E-state index in [1.165, 1.54) is 5.56 Å². The number of nitrogens with zero attached hydrogens (tertiary/aromatic N) is 1. The molecule has 0 bridgehead atoms. The van der Waals surface area contributed by atoms with Gasteiger partial charge in [-0.25, -0.2) is 0 Å². The lowest BCUT2D eigenvalue weighted by molar-refractivity contribution is -0.385. The maximum absolute atomic E-state index is 11.7. The first-order chi connectivity index (χ1) is 15.7. The lowest BCUT2D eigenvalue weighted by Gasteiger charge is -2.38. The van der Waals surface area contributed by atoms with Crippen LogP contribution in [0.1, 0.15) is 29.5 Å². The zero-order valence-electron chi connectivity index (χ0n) is 17.5. The molecule has 2 aliphatic rings. The molecule has 0 saturated carbocycles. The lowest BCUT2D eigenvalue weighted by Crippen LogP contribution is -2.30. The number of ether oxygens (including phenoxy) is 2. The van der Waals surface area contributed by atoms with Crippen molar-refractivity contribution in [1.82, 2.24) is 0 Å². The maximum atomic E-state index is 11.7. The molecular formula is C26H24N2O4. The summed E-state index contributed by atoms with van der Waals surface area (Å²) in [6.45, 7) is 0.820. The van der Waals surface area contributed by atoms with E-state index in [0.29, 0.717) is 18.8 Å². The monoisotopic (exact) mass is 428 g/mol. The average Bonchev–Trinajstić information content (AvgIpc) is 3.32. The Morgan fingerprint density at radius 1 is 0.906 bits per heavy atom. The van der Waals surface area contributed by atoms with E-state index in [0.717, 1.165) is 23.6 Å². The minimum atomic E-state index is -0.298. The number of nitro benzene ring substituents is 1. The quantitative estimate of drug-likeness (QED) is 0.220. The zero-order chi connectivity index (χ0) is 21.9. The number of rotatable bonds is 7. The third kappa shape index (κ3) is 3.80. The van der Waals surface area contributed by atoms with Gasteiger partial charge in [0.15, 0.2) is 0 Å². The van der Waals surface area contributed by atoms with Crippen molar-refractivity contribution >= 4 is 11.4 Å². The molecule has 3 aromatic carbocycles. The molecule has 1 aliphatic heterocycles. The van der Waals surface area contributed by atoms with Crippen molar-refractivity contribution in [2.45, 2.75) is 18.4 Å². The molecule has 0 radical (unpaired) electrons. The van der Waals surface area contributed by atoms with Crippen molar-refractivity contribution in [1.29, 1.82) is 0 Å². The molecule has 0 fully saturated rings. The standard InChI is InChI=1S/C26H24N2O4/c29-28(30)23-14-5-4-10-22(23)25-20-12-6-11-19(20)21-13-7-15-24(26(21)27-25)32-17-16-31-18-8-2-1-3-9-18/h1-11,13-15,19-20,25,27H,12,16-17H2. The van der Waals surface area contributed by atoms with Crippen LogP contribution in [0, 0.1) is 16.0 Å². The molecule has 0 aromatic heterocycles. The molecule has 5 rings (SSSR count). The zero-order valence-corrected chi connectivity index (χ0v) is 17.5. The Morgan fingerprint density at radius 2 is 1.66 bits per heavy atom. The van der Waals surface area contributed by atoms with Crippen LogP contribution < -0.4 is 14.8 Å². The van der Waals surface area contributed by atoms with Gasteiger partial charge in [0.25, 0.3) is 5.69 Å². The van der Waals surface area contributed by atoms with Crippen LogP contribution in [-0.2, 0) is 0 Å². The normalized spacial score (nSPS) is 20.7. The molecule has 1 aliphatic carbocycles. The molecule has 3 aromatic rings. The minimum Gasteiger partial charge on any atom is -0.490 e. The Kier molecular flexibility index (Phi) is 5.50. The topological polar surface area (TPSA) is 73.6 Å². The Morgan fingerprint density at radius 3 is 2.50 bits per heavy atom. The molecule has 6 nitrogen and oxygen atoms in total. The number of nitrogens with one attached hydrogen (secondary N) is 1. The first-order valence-corrected chi connectivity index (χ1v) is 10.8. The highest BCUT2D eigenvalue weighted by Gasteiger charge is 2.41. The summed E-state index contributed by atoms with van der Waals surface area (Å²) < 4.78 is 11.8. The summed E-state index contributed by atoms with van der Waals surface area (Å²) in [5, 5.41) is 15.3. The molecule has 0 saturated heterocycles. The molecule has 0 spiro atoms. The highest BCUT2D eigenvalue weighted by molar-refractivity contribution is 5.68. The smallest absolute Gasteiger partial charge is 0.274 e. The summed E-state index contributed by atoms with van der Waals surface area (Å²) in [6, 6.07) is 22.5. The number of allylic oxidation sites excluding steroid dienone is 2. The van der Waals surface area contributed by atoms with E-state index in [-0.39, 0.29) is 28.5 Å². The van der Waals surface area contributed by atoms with E-state index in [9.17, 15) is 10.1 Å². The molecule has 0 amide bonds. The van der Waals surface area contributed by atoms with Gasteiger partial charge in [0.05, 0.1) is 22.2 Å². The van der Waals surface area contributed by atoms with Crippen molar-refractivity contribution in [3.8, 4) is 11.5 Å². The van der Waals surface area contributed by atoms with Crippen LogP contribution in [0.15, 0.2) is 84.9 Å². The van der Waals surface area contributed by atoms with E-state index < -0.39 is 0 Å². The van der Waals surface area contributed by atoms with Gasteiger partial charge in [0, 0.05) is 12.0 Å². The molecular weight excluding hydrogens is 404 g/mol. The van der Waals surface area contributed by atoms with Crippen LogP contribution in [0.3, 0.4) is 0 Å². The van der Waals surface area contributed by atoms with Crippen LogP contribution in [0.5, 0.6) is 11.5 Å².